The number of aromatic nitrogens is 2. The van der Waals surface area contributed by atoms with Crippen molar-refractivity contribution in [3.05, 3.63) is 23.8 Å². The molecule has 4 nitrogen and oxygen atoms in total. The lowest BCUT2D eigenvalue weighted by molar-refractivity contribution is 0.305. The molecule has 0 atom stereocenters. The highest BCUT2D eigenvalue weighted by Gasteiger charge is 2.02. The van der Waals surface area contributed by atoms with Gasteiger partial charge in [0.25, 0.3) is 0 Å². The zero-order valence-electron chi connectivity index (χ0n) is 12.8. The number of rotatable bonds is 9. The maximum atomic E-state index is 4.44. The standard InChI is InChI=1S/C15H28N4/c1-5-19(6-2)8-7-15-17-11-14(12-18-15)10-16-9-13(3)4/h11-13,16H,5-10H2,1-4H3. The van der Waals surface area contributed by atoms with Crippen molar-refractivity contribution in [3.63, 3.8) is 0 Å². The normalized spacial score (nSPS) is 11.5. The van der Waals surface area contributed by atoms with Gasteiger partial charge in [0.05, 0.1) is 0 Å². The van der Waals surface area contributed by atoms with Gasteiger partial charge in [-0.1, -0.05) is 27.7 Å². The van der Waals surface area contributed by atoms with Crippen molar-refractivity contribution in [3.8, 4) is 0 Å². The molecule has 0 saturated carbocycles. The van der Waals surface area contributed by atoms with Gasteiger partial charge in [-0.25, -0.2) is 9.97 Å². The van der Waals surface area contributed by atoms with E-state index in [-0.39, 0.29) is 0 Å². The molecule has 1 N–H and O–H groups in total. The highest BCUT2D eigenvalue weighted by Crippen LogP contribution is 1.99. The van der Waals surface area contributed by atoms with Crippen LogP contribution in [0.1, 0.15) is 39.1 Å². The van der Waals surface area contributed by atoms with Crippen molar-refractivity contribution in [2.75, 3.05) is 26.2 Å². The van der Waals surface area contributed by atoms with Gasteiger partial charge in [0.1, 0.15) is 5.82 Å². The first-order valence-electron chi connectivity index (χ1n) is 7.38. The molecule has 19 heavy (non-hydrogen) atoms. The molecular formula is C15H28N4. The predicted molar refractivity (Wildman–Crippen MR) is 80.1 cm³/mol. The molecule has 0 saturated heterocycles. The van der Waals surface area contributed by atoms with Crippen LogP contribution in [-0.4, -0.2) is 41.0 Å². The van der Waals surface area contributed by atoms with Gasteiger partial charge in [-0.05, 0) is 25.6 Å². The molecule has 0 bridgehead atoms. The van der Waals surface area contributed by atoms with Crippen molar-refractivity contribution in [1.29, 1.82) is 0 Å². The van der Waals surface area contributed by atoms with Gasteiger partial charge in [0.15, 0.2) is 0 Å². The molecule has 1 heterocycles. The summed E-state index contributed by atoms with van der Waals surface area (Å²) in [5.41, 5.74) is 1.16. The van der Waals surface area contributed by atoms with E-state index in [9.17, 15) is 0 Å². The van der Waals surface area contributed by atoms with Crippen LogP contribution in [-0.2, 0) is 13.0 Å². The minimum absolute atomic E-state index is 0.675. The van der Waals surface area contributed by atoms with Crippen LogP contribution in [0.3, 0.4) is 0 Å². The molecule has 0 amide bonds. The summed E-state index contributed by atoms with van der Waals surface area (Å²) in [6.45, 7) is 13.9. The van der Waals surface area contributed by atoms with E-state index in [1.165, 1.54) is 0 Å². The molecule has 1 aromatic rings. The van der Waals surface area contributed by atoms with Crippen molar-refractivity contribution < 1.29 is 0 Å². The Balaban J connectivity index is 2.34. The summed E-state index contributed by atoms with van der Waals surface area (Å²) in [5.74, 6) is 1.62. The molecular weight excluding hydrogens is 236 g/mol. The monoisotopic (exact) mass is 264 g/mol. The van der Waals surface area contributed by atoms with E-state index in [4.69, 9.17) is 0 Å². The Bertz CT molecular complexity index is 331. The summed E-state index contributed by atoms with van der Waals surface area (Å²) in [4.78, 5) is 11.3. The second-order valence-corrected chi connectivity index (χ2v) is 5.31. The molecule has 0 aromatic carbocycles. The van der Waals surface area contributed by atoms with Crippen molar-refractivity contribution in [1.82, 2.24) is 20.2 Å². The first-order valence-corrected chi connectivity index (χ1v) is 7.38. The van der Waals surface area contributed by atoms with Crippen LogP contribution in [0.4, 0.5) is 0 Å². The van der Waals surface area contributed by atoms with Gasteiger partial charge in [-0.3, -0.25) is 0 Å². The Hall–Kier alpha value is -1.00. The first kappa shape index (κ1) is 16.1. The average Bonchev–Trinajstić information content (AvgIpc) is 2.41. The fraction of sp³-hybridized carbons (Fsp3) is 0.733. The molecule has 0 spiro atoms. The van der Waals surface area contributed by atoms with Crippen molar-refractivity contribution in [2.45, 2.75) is 40.7 Å². The minimum Gasteiger partial charge on any atom is -0.312 e. The number of hydrogen-bond donors (Lipinski definition) is 1. The van der Waals surface area contributed by atoms with E-state index in [1.807, 2.05) is 12.4 Å². The lowest BCUT2D eigenvalue weighted by Crippen LogP contribution is -2.25. The van der Waals surface area contributed by atoms with Gasteiger partial charge in [0, 0.05) is 37.5 Å². The lowest BCUT2D eigenvalue weighted by atomic mass is 10.2. The third kappa shape index (κ3) is 6.64. The molecule has 0 fully saturated rings. The van der Waals surface area contributed by atoms with Gasteiger partial charge in [0.2, 0.25) is 0 Å². The first-order chi connectivity index (χ1) is 9.15. The maximum absolute atomic E-state index is 4.44. The van der Waals surface area contributed by atoms with Gasteiger partial charge < -0.3 is 10.2 Å². The van der Waals surface area contributed by atoms with E-state index < -0.39 is 0 Å². The predicted octanol–water partition coefficient (Wildman–Crippen LogP) is 2.11. The zero-order chi connectivity index (χ0) is 14.1. The summed E-state index contributed by atoms with van der Waals surface area (Å²) >= 11 is 0. The summed E-state index contributed by atoms with van der Waals surface area (Å²) in [7, 11) is 0. The van der Waals surface area contributed by atoms with E-state index in [0.29, 0.717) is 5.92 Å². The van der Waals surface area contributed by atoms with E-state index in [1.54, 1.807) is 0 Å². The average molecular weight is 264 g/mol. The van der Waals surface area contributed by atoms with E-state index >= 15 is 0 Å². The minimum atomic E-state index is 0.675. The lowest BCUT2D eigenvalue weighted by Gasteiger charge is -2.16. The Morgan fingerprint density at radius 2 is 1.79 bits per heavy atom. The Labute approximate surface area is 117 Å². The quantitative estimate of drug-likeness (QED) is 0.741. The topological polar surface area (TPSA) is 41.1 Å². The van der Waals surface area contributed by atoms with Gasteiger partial charge in [-0.2, -0.15) is 0 Å². The van der Waals surface area contributed by atoms with Crippen LogP contribution < -0.4 is 5.32 Å². The van der Waals surface area contributed by atoms with Crippen molar-refractivity contribution in [2.24, 2.45) is 5.92 Å². The van der Waals surface area contributed by atoms with Crippen LogP contribution >= 0.6 is 0 Å². The number of nitrogens with zero attached hydrogens (tertiary/aromatic N) is 3. The SMILES string of the molecule is CCN(CC)CCc1ncc(CNCC(C)C)cn1. The molecule has 0 aliphatic carbocycles. The fourth-order valence-corrected chi connectivity index (χ4v) is 1.91. The third-order valence-corrected chi connectivity index (χ3v) is 3.19. The zero-order valence-corrected chi connectivity index (χ0v) is 12.8. The highest BCUT2D eigenvalue weighted by atomic mass is 15.1. The second kappa shape index (κ2) is 8.99. The molecule has 1 rings (SSSR count). The Kier molecular flexibility index (Phi) is 7.60. The number of likely N-dealkylation sites (N-methyl/N-ethyl adjacent to an activating group) is 1. The fourth-order valence-electron chi connectivity index (χ4n) is 1.91. The van der Waals surface area contributed by atoms with Crippen LogP contribution in [0.25, 0.3) is 0 Å². The highest BCUT2D eigenvalue weighted by molar-refractivity contribution is 5.05. The van der Waals surface area contributed by atoms with Gasteiger partial charge in [-0.15, -0.1) is 0 Å². The molecule has 4 heteroatoms. The van der Waals surface area contributed by atoms with E-state index in [2.05, 4.69) is 47.9 Å². The number of hydrogen-bond acceptors (Lipinski definition) is 4. The van der Waals surface area contributed by atoms with Crippen LogP contribution in [0.5, 0.6) is 0 Å². The summed E-state index contributed by atoms with van der Waals surface area (Å²) in [5, 5.41) is 3.40. The largest absolute Gasteiger partial charge is 0.312 e. The smallest absolute Gasteiger partial charge is 0.129 e. The molecule has 0 unspecified atom stereocenters. The van der Waals surface area contributed by atoms with Crippen LogP contribution in [0.15, 0.2) is 12.4 Å². The summed E-state index contributed by atoms with van der Waals surface area (Å²) in [6.07, 6.45) is 4.82. The van der Waals surface area contributed by atoms with Crippen LogP contribution in [0.2, 0.25) is 0 Å². The Morgan fingerprint density at radius 1 is 1.16 bits per heavy atom. The number of nitrogens with one attached hydrogen (secondary N) is 1. The molecule has 108 valence electrons. The Morgan fingerprint density at radius 3 is 2.32 bits per heavy atom. The third-order valence-electron chi connectivity index (χ3n) is 3.19. The molecule has 0 aliphatic rings. The summed E-state index contributed by atoms with van der Waals surface area (Å²) < 4.78 is 0. The van der Waals surface area contributed by atoms with E-state index in [0.717, 1.165) is 50.5 Å². The molecule has 0 aliphatic heterocycles. The maximum Gasteiger partial charge on any atom is 0.129 e. The van der Waals surface area contributed by atoms with Crippen molar-refractivity contribution >= 4 is 0 Å². The molecule has 0 radical (unpaired) electrons. The van der Waals surface area contributed by atoms with Gasteiger partial charge >= 0.3 is 0 Å². The van der Waals surface area contributed by atoms with Crippen LogP contribution in [0, 0.1) is 5.92 Å². The molecule has 1 aromatic heterocycles. The summed E-state index contributed by atoms with van der Waals surface area (Å²) in [6, 6.07) is 0. The second-order valence-electron chi connectivity index (χ2n) is 5.31.